The quantitative estimate of drug-likeness (QED) is 0.827. The normalized spacial score (nSPS) is 23.2. The van der Waals surface area contributed by atoms with Crippen LogP contribution in [0, 0.1) is 0 Å². The molecule has 2 heterocycles. The molecule has 0 saturated carbocycles. The number of fused-ring (bicyclic) bond motifs is 1. The van der Waals surface area contributed by atoms with Crippen molar-refractivity contribution in [1.82, 2.24) is 4.90 Å². The van der Waals surface area contributed by atoms with Crippen LogP contribution in [0.3, 0.4) is 0 Å². The fraction of sp³-hybridized carbons (Fsp3) is 0.438. The molecule has 2 aliphatic rings. The molecular weight excluding hydrogens is 332 g/mol. The van der Waals surface area contributed by atoms with E-state index in [1.54, 1.807) is 32.0 Å². The predicted octanol–water partition coefficient (Wildman–Crippen LogP) is 1.28. The number of hydrogen-bond donors (Lipinski definition) is 1. The van der Waals surface area contributed by atoms with Crippen LogP contribution in [-0.2, 0) is 14.4 Å². The minimum atomic E-state index is -0.431. The fourth-order valence-corrected chi connectivity index (χ4v) is 3.69. The van der Waals surface area contributed by atoms with Gasteiger partial charge in [0.1, 0.15) is 19.8 Å². The number of imide groups is 1. The minimum absolute atomic E-state index is 0.290. The van der Waals surface area contributed by atoms with Gasteiger partial charge in [-0.1, -0.05) is 0 Å². The van der Waals surface area contributed by atoms with Crippen LogP contribution in [0.25, 0.3) is 0 Å². The number of thioether (sulfide) groups is 1. The summed E-state index contributed by atoms with van der Waals surface area (Å²) in [6, 6.07) is 5.06. The number of benzene rings is 1. The lowest BCUT2D eigenvalue weighted by Crippen LogP contribution is -2.52. The van der Waals surface area contributed by atoms with E-state index < -0.39 is 5.91 Å². The van der Waals surface area contributed by atoms with E-state index in [9.17, 15) is 14.4 Å². The Morgan fingerprint density at radius 3 is 2.46 bits per heavy atom. The van der Waals surface area contributed by atoms with Gasteiger partial charge in [-0.05, 0) is 26.0 Å². The summed E-state index contributed by atoms with van der Waals surface area (Å²) in [6.07, 6.45) is 0. The Kier molecular flexibility index (Phi) is 4.66. The number of hydrogen-bond acceptors (Lipinski definition) is 6. The Hall–Kier alpha value is -2.22. The number of ether oxygens (including phenoxy) is 2. The van der Waals surface area contributed by atoms with E-state index in [4.69, 9.17) is 9.47 Å². The largest absolute Gasteiger partial charge is 0.486 e. The Labute approximate surface area is 143 Å². The number of anilines is 1. The first kappa shape index (κ1) is 16.6. The molecule has 0 unspecified atom stereocenters. The van der Waals surface area contributed by atoms with E-state index in [1.165, 1.54) is 11.8 Å². The predicted molar refractivity (Wildman–Crippen MR) is 89.3 cm³/mol. The molecule has 2 atom stereocenters. The third kappa shape index (κ3) is 3.33. The second-order valence-electron chi connectivity index (χ2n) is 5.59. The van der Waals surface area contributed by atoms with Crippen LogP contribution in [0.15, 0.2) is 18.2 Å². The Morgan fingerprint density at radius 1 is 1.17 bits per heavy atom. The molecule has 1 aromatic rings. The lowest BCUT2D eigenvalue weighted by atomic mass is 10.2. The number of carbonyl (C=O) groups excluding carboxylic acids is 3. The highest BCUT2D eigenvalue weighted by molar-refractivity contribution is 8.02. The van der Waals surface area contributed by atoms with Crippen LogP contribution in [-0.4, -0.2) is 52.9 Å². The van der Waals surface area contributed by atoms with E-state index in [0.29, 0.717) is 30.4 Å². The summed E-state index contributed by atoms with van der Waals surface area (Å²) < 4.78 is 10.9. The standard InChI is InChI=1S/C16H18N2O5S/c1-9-15(20)18(16(21)10(2)24-9)8-14(19)17-11-3-4-12-13(7-11)23-6-5-22-12/h3-4,7,9-10H,5-6,8H2,1-2H3,(H,17,19)/t9-,10+. The maximum absolute atomic E-state index is 12.2. The summed E-state index contributed by atoms with van der Waals surface area (Å²) in [5, 5.41) is 2.02. The molecule has 3 amide bonds. The van der Waals surface area contributed by atoms with Crippen molar-refractivity contribution < 1.29 is 23.9 Å². The van der Waals surface area contributed by atoms with E-state index in [-0.39, 0.29) is 28.9 Å². The molecule has 0 bridgehead atoms. The van der Waals surface area contributed by atoms with Crippen molar-refractivity contribution in [3.63, 3.8) is 0 Å². The van der Waals surface area contributed by atoms with E-state index in [2.05, 4.69) is 5.32 Å². The average Bonchev–Trinajstić information content (AvgIpc) is 2.57. The first-order valence-corrected chi connectivity index (χ1v) is 8.60. The first-order valence-electron chi connectivity index (χ1n) is 7.66. The molecule has 1 saturated heterocycles. The second-order valence-corrected chi connectivity index (χ2v) is 7.28. The summed E-state index contributed by atoms with van der Waals surface area (Å²) in [6.45, 7) is 4.13. The summed E-state index contributed by atoms with van der Waals surface area (Å²) in [5.41, 5.74) is 0.525. The van der Waals surface area contributed by atoms with Crippen LogP contribution >= 0.6 is 11.8 Å². The Morgan fingerprint density at radius 2 is 1.79 bits per heavy atom. The van der Waals surface area contributed by atoms with Crippen molar-refractivity contribution in [3.05, 3.63) is 18.2 Å². The summed E-state index contributed by atoms with van der Waals surface area (Å²) in [4.78, 5) is 37.5. The van der Waals surface area contributed by atoms with Crippen LogP contribution in [0.4, 0.5) is 5.69 Å². The monoisotopic (exact) mass is 350 g/mol. The zero-order valence-electron chi connectivity index (χ0n) is 13.4. The van der Waals surface area contributed by atoms with Crippen molar-refractivity contribution in [2.24, 2.45) is 0 Å². The topological polar surface area (TPSA) is 84.9 Å². The molecule has 24 heavy (non-hydrogen) atoms. The van der Waals surface area contributed by atoms with Gasteiger partial charge in [0.2, 0.25) is 17.7 Å². The van der Waals surface area contributed by atoms with Crippen LogP contribution in [0.2, 0.25) is 0 Å². The van der Waals surface area contributed by atoms with Crippen molar-refractivity contribution in [2.75, 3.05) is 25.1 Å². The lowest BCUT2D eigenvalue weighted by Gasteiger charge is -2.31. The van der Waals surface area contributed by atoms with Crippen molar-refractivity contribution in [3.8, 4) is 11.5 Å². The number of amides is 3. The molecule has 1 fully saturated rings. The van der Waals surface area contributed by atoms with Crippen molar-refractivity contribution in [1.29, 1.82) is 0 Å². The fourth-order valence-electron chi connectivity index (χ4n) is 2.59. The number of nitrogens with zero attached hydrogens (tertiary/aromatic N) is 1. The molecule has 0 radical (unpaired) electrons. The molecule has 128 valence electrons. The molecule has 0 aliphatic carbocycles. The van der Waals surface area contributed by atoms with Gasteiger partial charge in [0.05, 0.1) is 10.5 Å². The maximum atomic E-state index is 12.2. The Balaban J connectivity index is 1.67. The van der Waals surface area contributed by atoms with Gasteiger partial charge < -0.3 is 14.8 Å². The Bertz CT molecular complexity index is 673. The molecule has 7 nitrogen and oxygen atoms in total. The van der Waals surface area contributed by atoms with E-state index >= 15 is 0 Å². The highest BCUT2D eigenvalue weighted by Gasteiger charge is 2.38. The average molecular weight is 350 g/mol. The molecule has 1 aromatic carbocycles. The van der Waals surface area contributed by atoms with Crippen LogP contribution in [0.5, 0.6) is 11.5 Å². The van der Waals surface area contributed by atoms with Gasteiger partial charge in [0.15, 0.2) is 11.5 Å². The molecule has 3 rings (SSSR count). The maximum Gasteiger partial charge on any atom is 0.244 e. The highest BCUT2D eigenvalue weighted by Crippen LogP contribution is 2.32. The van der Waals surface area contributed by atoms with Gasteiger partial charge in [-0.3, -0.25) is 19.3 Å². The minimum Gasteiger partial charge on any atom is -0.486 e. The molecule has 0 spiro atoms. The third-order valence-electron chi connectivity index (χ3n) is 3.76. The van der Waals surface area contributed by atoms with Crippen LogP contribution in [0.1, 0.15) is 13.8 Å². The molecule has 0 aromatic heterocycles. The summed E-state index contributed by atoms with van der Waals surface area (Å²) >= 11 is 1.30. The van der Waals surface area contributed by atoms with E-state index in [1.807, 2.05) is 0 Å². The molecule has 1 N–H and O–H groups in total. The zero-order valence-corrected chi connectivity index (χ0v) is 14.2. The molecule has 2 aliphatic heterocycles. The smallest absolute Gasteiger partial charge is 0.244 e. The molecule has 8 heteroatoms. The van der Waals surface area contributed by atoms with Gasteiger partial charge in [-0.15, -0.1) is 11.8 Å². The van der Waals surface area contributed by atoms with E-state index in [0.717, 1.165) is 4.90 Å². The van der Waals surface area contributed by atoms with Gasteiger partial charge in [-0.25, -0.2) is 0 Å². The SMILES string of the molecule is C[C@@H]1S[C@H](C)C(=O)N(CC(=O)Nc2ccc3c(c2)OCCO3)C1=O. The third-order valence-corrected chi connectivity index (χ3v) is 4.98. The molecular formula is C16H18N2O5S. The highest BCUT2D eigenvalue weighted by atomic mass is 32.2. The van der Waals surface area contributed by atoms with Crippen LogP contribution < -0.4 is 14.8 Å². The van der Waals surface area contributed by atoms with Gasteiger partial charge in [-0.2, -0.15) is 0 Å². The van der Waals surface area contributed by atoms with Gasteiger partial charge in [0, 0.05) is 11.8 Å². The van der Waals surface area contributed by atoms with Gasteiger partial charge >= 0.3 is 0 Å². The number of rotatable bonds is 3. The van der Waals surface area contributed by atoms with Crippen molar-refractivity contribution in [2.45, 2.75) is 24.3 Å². The van der Waals surface area contributed by atoms with Gasteiger partial charge in [0.25, 0.3) is 0 Å². The zero-order chi connectivity index (χ0) is 17.3. The lowest BCUT2D eigenvalue weighted by molar-refractivity contribution is -0.147. The number of nitrogens with one attached hydrogen (secondary N) is 1. The summed E-state index contributed by atoms with van der Waals surface area (Å²) in [5.74, 6) is 0.0867. The second kappa shape index (κ2) is 6.72. The van der Waals surface area contributed by atoms with Crippen molar-refractivity contribution >= 4 is 35.2 Å². The summed E-state index contributed by atoms with van der Waals surface area (Å²) in [7, 11) is 0. The first-order chi connectivity index (χ1) is 11.5. The number of carbonyl (C=O) groups is 3.